The molecule has 0 aliphatic rings. The Morgan fingerprint density at radius 1 is 0.474 bits per heavy atom. The van der Waals surface area contributed by atoms with E-state index in [1.165, 1.54) is 116 Å². The lowest BCUT2D eigenvalue weighted by Crippen LogP contribution is -2.25. The van der Waals surface area contributed by atoms with E-state index in [0.717, 1.165) is 58.7 Å². The maximum Gasteiger partial charge on any atom is 0.211 e. The zero-order valence-electron chi connectivity index (χ0n) is 25.2. The summed E-state index contributed by atoms with van der Waals surface area (Å²) < 4.78 is 0. The van der Waals surface area contributed by atoms with E-state index in [1.807, 2.05) is 0 Å². The number of unbranched alkanes of at least 4 members (excludes halogenated alkanes) is 14. The van der Waals surface area contributed by atoms with Gasteiger partial charge in [-0.25, -0.2) is 0 Å². The second-order valence-electron chi connectivity index (χ2n) is 10.6. The predicted molar refractivity (Wildman–Crippen MR) is 169 cm³/mol. The molecule has 0 rings (SSSR count). The van der Waals surface area contributed by atoms with Crippen LogP contribution in [0.1, 0.15) is 129 Å². The number of hydrogen-bond acceptors (Lipinski definition) is 6. The van der Waals surface area contributed by atoms with E-state index in [0.29, 0.717) is 0 Å². The number of guanidine groups is 1. The largest absolute Gasteiger partial charge is 0.369 e. The average Bonchev–Trinajstić information content (AvgIpc) is 2.91. The van der Waals surface area contributed by atoms with Crippen molar-refractivity contribution in [2.24, 2.45) is 21.7 Å². The zero-order valence-corrected chi connectivity index (χ0v) is 25.2. The first-order valence-electron chi connectivity index (χ1n) is 16.2. The molecular formula is C30H66N8. The molecule has 38 heavy (non-hydrogen) atoms. The molecule has 0 saturated heterocycles. The van der Waals surface area contributed by atoms with Crippen LogP contribution in [0.4, 0.5) is 0 Å². The van der Waals surface area contributed by atoms with Gasteiger partial charge in [-0.05, 0) is 84.3 Å². The van der Waals surface area contributed by atoms with Gasteiger partial charge >= 0.3 is 0 Å². The highest BCUT2D eigenvalue weighted by molar-refractivity contribution is 5.76. The Balaban J connectivity index is 3.06. The fourth-order valence-electron chi connectivity index (χ4n) is 4.45. The summed E-state index contributed by atoms with van der Waals surface area (Å²) in [6.07, 6.45) is 27.4. The van der Waals surface area contributed by atoms with Crippen molar-refractivity contribution in [3.63, 3.8) is 0 Å². The van der Waals surface area contributed by atoms with Gasteiger partial charge in [-0.3, -0.25) is 0 Å². The van der Waals surface area contributed by atoms with Crippen molar-refractivity contribution in [2.75, 3.05) is 52.4 Å². The van der Waals surface area contributed by atoms with Crippen molar-refractivity contribution in [2.45, 2.75) is 129 Å². The Bertz CT molecular complexity index is 495. The zero-order chi connectivity index (χ0) is 27.6. The molecule has 0 bridgehead atoms. The highest BCUT2D eigenvalue weighted by atomic mass is 15.3. The molecule has 0 aromatic carbocycles. The third-order valence-corrected chi connectivity index (χ3v) is 6.78. The SMILES string of the molecule is CCCCCCCCCCCCCCCCNCCCNCCCCNCCCNCC/C=N/N=C(N)N. The predicted octanol–water partition coefficient (Wildman–Crippen LogP) is 5.04. The van der Waals surface area contributed by atoms with Crippen LogP contribution >= 0.6 is 0 Å². The Kier molecular flexibility index (Phi) is 32.7. The van der Waals surface area contributed by atoms with Crippen molar-refractivity contribution >= 4 is 12.2 Å². The third kappa shape index (κ3) is 34.8. The molecule has 0 fully saturated rings. The number of nitrogens with one attached hydrogen (secondary N) is 4. The molecular weight excluding hydrogens is 472 g/mol. The molecule has 0 aliphatic carbocycles. The van der Waals surface area contributed by atoms with Gasteiger partial charge in [0.2, 0.25) is 5.96 Å². The van der Waals surface area contributed by atoms with E-state index in [-0.39, 0.29) is 5.96 Å². The van der Waals surface area contributed by atoms with Crippen molar-refractivity contribution in [3.8, 4) is 0 Å². The van der Waals surface area contributed by atoms with Crippen molar-refractivity contribution in [1.29, 1.82) is 0 Å². The van der Waals surface area contributed by atoms with Gasteiger partial charge < -0.3 is 32.7 Å². The van der Waals surface area contributed by atoms with Crippen LogP contribution in [0.5, 0.6) is 0 Å². The standard InChI is InChI=1S/C30H66N8/c1-2-3-4-5-6-7-8-9-10-11-12-13-14-15-21-33-24-18-25-34-22-16-17-23-35-26-19-27-36-28-20-29-37-38-30(31)32/h29,33-36H,2-28H2,1H3,(H4,31,32,38)/b37-29+. The lowest BCUT2D eigenvalue weighted by Gasteiger charge is -2.08. The monoisotopic (exact) mass is 539 g/mol. The molecule has 0 amide bonds. The number of nitrogens with zero attached hydrogens (tertiary/aromatic N) is 2. The van der Waals surface area contributed by atoms with Crippen LogP contribution in [0, 0.1) is 0 Å². The maximum absolute atomic E-state index is 5.19. The quantitative estimate of drug-likeness (QED) is 0.0309. The van der Waals surface area contributed by atoms with E-state index < -0.39 is 0 Å². The van der Waals surface area contributed by atoms with Crippen molar-refractivity contribution < 1.29 is 0 Å². The second-order valence-corrected chi connectivity index (χ2v) is 10.6. The highest BCUT2D eigenvalue weighted by Crippen LogP contribution is 2.12. The van der Waals surface area contributed by atoms with Crippen LogP contribution in [0.2, 0.25) is 0 Å². The first-order valence-corrected chi connectivity index (χ1v) is 16.2. The van der Waals surface area contributed by atoms with Crippen LogP contribution < -0.4 is 32.7 Å². The van der Waals surface area contributed by atoms with Gasteiger partial charge in [-0.1, -0.05) is 90.4 Å². The molecule has 0 aromatic rings. The fraction of sp³-hybridized carbons (Fsp3) is 0.933. The van der Waals surface area contributed by atoms with Crippen molar-refractivity contribution in [1.82, 2.24) is 21.3 Å². The van der Waals surface area contributed by atoms with Crippen LogP contribution in [-0.4, -0.2) is 64.5 Å². The summed E-state index contributed by atoms with van der Waals surface area (Å²) in [5.74, 6) is -0.00546. The first kappa shape index (κ1) is 36.8. The van der Waals surface area contributed by atoms with Gasteiger partial charge in [0.05, 0.1) is 0 Å². The molecule has 0 saturated carbocycles. The van der Waals surface area contributed by atoms with E-state index >= 15 is 0 Å². The molecule has 0 spiro atoms. The van der Waals surface area contributed by atoms with Crippen LogP contribution in [0.3, 0.4) is 0 Å². The summed E-state index contributed by atoms with van der Waals surface area (Å²) in [4.78, 5) is 0. The van der Waals surface area contributed by atoms with Crippen molar-refractivity contribution in [3.05, 3.63) is 0 Å². The van der Waals surface area contributed by atoms with Crippen LogP contribution in [-0.2, 0) is 0 Å². The fourth-order valence-corrected chi connectivity index (χ4v) is 4.45. The molecule has 0 heterocycles. The first-order chi connectivity index (χ1) is 18.8. The minimum Gasteiger partial charge on any atom is -0.369 e. The molecule has 8 heteroatoms. The Hall–Kier alpha value is -1.22. The molecule has 226 valence electrons. The Morgan fingerprint density at radius 3 is 1.24 bits per heavy atom. The summed E-state index contributed by atoms with van der Waals surface area (Å²) in [5.41, 5.74) is 10.4. The highest BCUT2D eigenvalue weighted by Gasteiger charge is 1.95. The topological polar surface area (TPSA) is 125 Å². The van der Waals surface area contributed by atoms with Gasteiger partial charge in [-0.2, -0.15) is 5.10 Å². The van der Waals surface area contributed by atoms with Gasteiger partial charge in [0.15, 0.2) is 0 Å². The summed E-state index contributed by atoms with van der Waals surface area (Å²) in [5, 5.41) is 21.4. The van der Waals surface area contributed by atoms with E-state index in [9.17, 15) is 0 Å². The van der Waals surface area contributed by atoms with E-state index in [4.69, 9.17) is 11.5 Å². The van der Waals surface area contributed by atoms with E-state index in [1.54, 1.807) is 6.21 Å². The number of hydrogen-bond donors (Lipinski definition) is 6. The minimum atomic E-state index is -0.00546. The second kappa shape index (κ2) is 33.8. The van der Waals surface area contributed by atoms with Crippen LogP contribution in [0.15, 0.2) is 10.2 Å². The molecule has 0 aliphatic heterocycles. The molecule has 0 atom stereocenters. The van der Waals surface area contributed by atoms with Gasteiger partial charge in [0.25, 0.3) is 0 Å². The minimum absolute atomic E-state index is 0.00546. The van der Waals surface area contributed by atoms with Gasteiger partial charge in [0, 0.05) is 12.8 Å². The summed E-state index contributed by atoms with van der Waals surface area (Å²) >= 11 is 0. The molecule has 0 radical (unpaired) electrons. The van der Waals surface area contributed by atoms with Gasteiger partial charge in [0.1, 0.15) is 0 Å². The molecule has 0 unspecified atom stereocenters. The molecule has 0 aromatic heterocycles. The third-order valence-electron chi connectivity index (χ3n) is 6.78. The van der Waals surface area contributed by atoms with Gasteiger partial charge in [-0.15, -0.1) is 5.10 Å². The summed E-state index contributed by atoms with van der Waals surface area (Å²) in [7, 11) is 0. The molecule has 8 N–H and O–H groups in total. The lowest BCUT2D eigenvalue weighted by molar-refractivity contribution is 0.523. The average molecular weight is 539 g/mol. The Labute approximate surface area is 236 Å². The summed E-state index contributed by atoms with van der Waals surface area (Å²) in [6.45, 7) is 11.0. The smallest absolute Gasteiger partial charge is 0.211 e. The summed E-state index contributed by atoms with van der Waals surface area (Å²) in [6, 6.07) is 0. The van der Waals surface area contributed by atoms with Crippen LogP contribution in [0.25, 0.3) is 0 Å². The van der Waals surface area contributed by atoms with E-state index in [2.05, 4.69) is 38.4 Å². The molecule has 8 nitrogen and oxygen atoms in total. The normalized spacial score (nSPS) is 11.5. The Morgan fingerprint density at radius 2 is 0.816 bits per heavy atom. The lowest BCUT2D eigenvalue weighted by atomic mass is 10.0. The maximum atomic E-state index is 5.19. The number of rotatable bonds is 32. The number of nitrogens with two attached hydrogens (primary N) is 2.